The molecule has 0 radical (unpaired) electrons. The van der Waals surface area contributed by atoms with E-state index in [1.807, 2.05) is 0 Å². The van der Waals surface area contributed by atoms with Crippen LogP contribution in [0, 0.1) is 11.3 Å². The highest BCUT2D eigenvalue weighted by Gasteiger charge is 2.41. The Labute approximate surface area is 103 Å². The minimum atomic E-state index is 0.109. The average Bonchev–Trinajstić information content (AvgIpc) is 1.98. The van der Waals surface area contributed by atoms with Gasteiger partial charge in [-0.25, -0.2) is 0 Å². The Hall–Kier alpha value is -0.300. The van der Waals surface area contributed by atoms with Crippen LogP contribution in [0.2, 0.25) is 0 Å². The summed E-state index contributed by atoms with van der Waals surface area (Å²) in [6, 6.07) is 0. The van der Waals surface area contributed by atoms with Crippen LogP contribution in [-0.4, -0.2) is 23.0 Å². The summed E-state index contributed by atoms with van der Waals surface area (Å²) in [4.78, 5) is 2.46. The summed E-state index contributed by atoms with van der Waals surface area (Å²) in [5.41, 5.74) is 0.527. The van der Waals surface area contributed by atoms with Gasteiger partial charge in [0.15, 0.2) is 0 Å². The molecule has 0 saturated carbocycles. The van der Waals surface area contributed by atoms with Crippen molar-refractivity contribution in [3.8, 4) is 0 Å². The number of hydrogen-bond acceptors (Lipinski definition) is 1. The topological polar surface area (TPSA) is 3.24 Å². The molecule has 0 saturated heterocycles. The van der Waals surface area contributed by atoms with Crippen LogP contribution in [0.3, 0.4) is 0 Å². The molecule has 96 valence electrons. The second-order valence-corrected chi connectivity index (χ2v) is 7.46. The van der Waals surface area contributed by atoms with Gasteiger partial charge in [0.2, 0.25) is 0 Å². The van der Waals surface area contributed by atoms with E-state index in [0.29, 0.717) is 5.92 Å². The van der Waals surface area contributed by atoms with Crippen LogP contribution in [0.25, 0.3) is 0 Å². The summed E-state index contributed by atoms with van der Waals surface area (Å²) in [6.45, 7) is 22.3. The standard InChI is InChI=1S/C15H31N/c1-11-12(13(2,3)4)15(8,9)16(10)14(5,6)7/h11-12H,1H2,2-10H3. The molecular weight excluding hydrogens is 194 g/mol. The van der Waals surface area contributed by atoms with E-state index in [-0.39, 0.29) is 16.5 Å². The van der Waals surface area contributed by atoms with Crippen molar-refractivity contribution in [1.82, 2.24) is 4.90 Å². The van der Waals surface area contributed by atoms with Crippen molar-refractivity contribution >= 4 is 0 Å². The van der Waals surface area contributed by atoms with Crippen molar-refractivity contribution in [2.24, 2.45) is 11.3 Å². The largest absolute Gasteiger partial charge is 0.296 e. The summed E-state index contributed by atoms with van der Waals surface area (Å²) in [6.07, 6.45) is 2.11. The van der Waals surface area contributed by atoms with Crippen molar-refractivity contribution in [3.05, 3.63) is 12.7 Å². The zero-order valence-corrected chi connectivity index (χ0v) is 12.8. The van der Waals surface area contributed by atoms with Crippen molar-refractivity contribution in [2.75, 3.05) is 7.05 Å². The molecule has 0 spiro atoms. The summed E-state index contributed by atoms with van der Waals surface area (Å²) in [5, 5.41) is 0. The molecule has 0 fully saturated rings. The van der Waals surface area contributed by atoms with Gasteiger partial charge in [-0.2, -0.15) is 0 Å². The Morgan fingerprint density at radius 2 is 1.31 bits per heavy atom. The monoisotopic (exact) mass is 225 g/mol. The van der Waals surface area contributed by atoms with E-state index >= 15 is 0 Å². The fourth-order valence-corrected chi connectivity index (χ4v) is 2.77. The van der Waals surface area contributed by atoms with Gasteiger partial charge >= 0.3 is 0 Å². The Balaban J connectivity index is 5.24. The molecule has 1 atom stereocenters. The van der Waals surface area contributed by atoms with Crippen LogP contribution < -0.4 is 0 Å². The smallest absolute Gasteiger partial charge is 0.0222 e. The first-order valence-corrected chi connectivity index (χ1v) is 6.21. The summed E-state index contributed by atoms with van der Waals surface area (Å²) >= 11 is 0. The Kier molecular flexibility index (Phi) is 4.44. The highest BCUT2D eigenvalue weighted by atomic mass is 15.2. The first kappa shape index (κ1) is 15.7. The molecule has 0 aliphatic carbocycles. The zero-order valence-electron chi connectivity index (χ0n) is 12.8. The Morgan fingerprint density at radius 3 is 1.50 bits per heavy atom. The first-order chi connectivity index (χ1) is 6.85. The molecule has 0 aromatic heterocycles. The summed E-state index contributed by atoms with van der Waals surface area (Å²) in [5.74, 6) is 0.462. The minimum Gasteiger partial charge on any atom is -0.296 e. The fraction of sp³-hybridized carbons (Fsp3) is 0.867. The molecule has 0 aromatic carbocycles. The van der Waals surface area contributed by atoms with Crippen LogP contribution in [0.1, 0.15) is 55.4 Å². The molecule has 0 aliphatic heterocycles. The van der Waals surface area contributed by atoms with Gasteiger partial charge in [-0.15, -0.1) is 6.58 Å². The Bertz CT molecular complexity index is 237. The van der Waals surface area contributed by atoms with E-state index in [1.54, 1.807) is 0 Å². The van der Waals surface area contributed by atoms with E-state index in [1.165, 1.54) is 0 Å². The molecule has 0 amide bonds. The molecule has 0 bridgehead atoms. The van der Waals surface area contributed by atoms with Gasteiger partial charge < -0.3 is 0 Å². The maximum atomic E-state index is 4.03. The second kappa shape index (κ2) is 4.52. The molecule has 0 aliphatic rings. The van der Waals surface area contributed by atoms with Crippen LogP contribution in [0.4, 0.5) is 0 Å². The lowest BCUT2D eigenvalue weighted by atomic mass is 9.69. The first-order valence-electron chi connectivity index (χ1n) is 6.21. The summed E-state index contributed by atoms with van der Waals surface area (Å²) < 4.78 is 0. The predicted molar refractivity (Wildman–Crippen MR) is 74.7 cm³/mol. The molecule has 0 N–H and O–H groups in total. The van der Waals surface area contributed by atoms with Gasteiger partial charge in [0.1, 0.15) is 0 Å². The quantitative estimate of drug-likeness (QED) is 0.646. The minimum absolute atomic E-state index is 0.109. The van der Waals surface area contributed by atoms with Gasteiger partial charge in [-0.05, 0) is 53.0 Å². The van der Waals surface area contributed by atoms with E-state index in [9.17, 15) is 0 Å². The molecule has 1 heteroatoms. The van der Waals surface area contributed by atoms with Crippen LogP contribution in [0.5, 0.6) is 0 Å². The fourth-order valence-electron chi connectivity index (χ4n) is 2.77. The number of rotatable bonds is 3. The lowest BCUT2D eigenvalue weighted by Crippen LogP contribution is -2.57. The van der Waals surface area contributed by atoms with E-state index in [2.05, 4.69) is 80.0 Å². The molecule has 0 aromatic rings. The van der Waals surface area contributed by atoms with Crippen LogP contribution in [0.15, 0.2) is 12.7 Å². The van der Waals surface area contributed by atoms with Crippen molar-refractivity contribution in [3.63, 3.8) is 0 Å². The maximum absolute atomic E-state index is 4.03. The van der Waals surface area contributed by atoms with E-state index in [0.717, 1.165) is 0 Å². The van der Waals surface area contributed by atoms with Gasteiger partial charge in [0.25, 0.3) is 0 Å². The Morgan fingerprint density at radius 1 is 0.938 bits per heavy atom. The second-order valence-electron chi connectivity index (χ2n) is 7.46. The predicted octanol–water partition coefficient (Wildman–Crippen LogP) is 4.34. The molecule has 1 unspecified atom stereocenters. The lowest BCUT2D eigenvalue weighted by Gasteiger charge is -2.51. The van der Waals surface area contributed by atoms with E-state index < -0.39 is 0 Å². The molecule has 16 heavy (non-hydrogen) atoms. The van der Waals surface area contributed by atoms with Crippen molar-refractivity contribution in [1.29, 1.82) is 0 Å². The van der Waals surface area contributed by atoms with Crippen molar-refractivity contribution < 1.29 is 0 Å². The third kappa shape index (κ3) is 3.35. The van der Waals surface area contributed by atoms with Gasteiger partial charge in [-0.3, -0.25) is 4.90 Å². The molecule has 0 rings (SSSR count). The van der Waals surface area contributed by atoms with Crippen LogP contribution >= 0.6 is 0 Å². The lowest BCUT2D eigenvalue weighted by molar-refractivity contribution is -0.00554. The molecule has 0 heterocycles. The highest BCUT2D eigenvalue weighted by Crippen LogP contribution is 2.40. The SMILES string of the molecule is C=CC(C(C)(C)C)C(C)(C)N(C)C(C)(C)C. The number of hydrogen-bond donors (Lipinski definition) is 0. The third-order valence-corrected chi connectivity index (χ3v) is 3.80. The van der Waals surface area contributed by atoms with E-state index in [4.69, 9.17) is 0 Å². The van der Waals surface area contributed by atoms with Crippen LogP contribution in [-0.2, 0) is 0 Å². The molecular formula is C15H31N. The molecule has 1 nitrogen and oxygen atoms in total. The van der Waals surface area contributed by atoms with Gasteiger partial charge in [0, 0.05) is 11.1 Å². The zero-order chi connectivity index (χ0) is 13.4. The normalized spacial score (nSPS) is 16.4. The maximum Gasteiger partial charge on any atom is 0.0222 e. The third-order valence-electron chi connectivity index (χ3n) is 3.80. The average molecular weight is 225 g/mol. The van der Waals surface area contributed by atoms with Crippen molar-refractivity contribution in [2.45, 2.75) is 66.5 Å². The highest BCUT2D eigenvalue weighted by molar-refractivity contribution is 5.04. The number of nitrogens with zero attached hydrogens (tertiary/aromatic N) is 1. The van der Waals surface area contributed by atoms with Gasteiger partial charge in [-0.1, -0.05) is 26.8 Å². The summed E-state index contributed by atoms with van der Waals surface area (Å²) in [7, 11) is 2.21. The van der Waals surface area contributed by atoms with Gasteiger partial charge in [0.05, 0.1) is 0 Å².